The van der Waals surface area contributed by atoms with Crippen molar-refractivity contribution in [3.05, 3.63) is 135 Å². The number of hydrogen-bond acceptors (Lipinski definition) is 6. The smallest absolute Gasteiger partial charge is 0.187 e. The van der Waals surface area contributed by atoms with Gasteiger partial charge in [-0.05, 0) is 53.1 Å². The van der Waals surface area contributed by atoms with Gasteiger partial charge in [0, 0.05) is 27.6 Å². The standard InChI is InChI=1S/C33H23ClN2O4/c1-40-23-16-12-19(13-17-23)27-28(29(37)20-10-14-22(34)15-11-20)36-30(24-7-3-2-6-21(24)18-35-36)33(27)31(38)25-8-4-5-9-26(25)32(33)39/h2-18,27-28,30H,1H3/t27-,28+,30?/m1/s1. The van der Waals surface area contributed by atoms with E-state index < -0.39 is 23.4 Å². The fourth-order valence-corrected chi connectivity index (χ4v) is 6.87. The Morgan fingerprint density at radius 1 is 0.850 bits per heavy atom. The van der Waals surface area contributed by atoms with Crippen LogP contribution in [0.4, 0.5) is 0 Å². The molecule has 7 rings (SSSR count). The van der Waals surface area contributed by atoms with Crippen molar-refractivity contribution in [2.45, 2.75) is 18.0 Å². The second kappa shape index (κ2) is 9.00. The monoisotopic (exact) mass is 546 g/mol. The van der Waals surface area contributed by atoms with E-state index in [0.29, 0.717) is 33.0 Å². The van der Waals surface area contributed by atoms with E-state index >= 15 is 0 Å². The summed E-state index contributed by atoms with van der Waals surface area (Å²) in [7, 11) is 1.57. The van der Waals surface area contributed by atoms with Crippen molar-refractivity contribution in [2.75, 3.05) is 7.11 Å². The first-order valence-corrected chi connectivity index (χ1v) is 13.4. The van der Waals surface area contributed by atoms with Gasteiger partial charge in [0.25, 0.3) is 0 Å². The number of methoxy groups -OCH3 is 1. The highest BCUT2D eigenvalue weighted by Gasteiger charge is 2.72. The van der Waals surface area contributed by atoms with E-state index in [0.717, 1.165) is 11.1 Å². The number of carbonyl (C=O) groups excluding carboxylic acids is 3. The molecule has 4 aromatic carbocycles. The van der Waals surface area contributed by atoms with E-state index in [1.165, 1.54) is 0 Å². The Labute approximate surface area is 235 Å². The lowest BCUT2D eigenvalue weighted by molar-refractivity contribution is 0.0586. The van der Waals surface area contributed by atoms with Gasteiger partial charge >= 0.3 is 0 Å². The number of halogens is 1. The number of hydrogen-bond donors (Lipinski definition) is 0. The molecule has 3 aliphatic rings. The number of carbonyl (C=O) groups is 3. The minimum absolute atomic E-state index is 0.243. The summed E-state index contributed by atoms with van der Waals surface area (Å²) in [5.74, 6) is -1.02. The minimum Gasteiger partial charge on any atom is -0.497 e. The first kappa shape index (κ1) is 24.5. The predicted octanol–water partition coefficient (Wildman–Crippen LogP) is 6.15. The van der Waals surface area contributed by atoms with Gasteiger partial charge in [-0.25, -0.2) is 0 Å². The maximum absolute atomic E-state index is 14.7. The molecule has 0 radical (unpaired) electrons. The van der Waals surface area contributed by atoms with Gasteiger partial charge < -0.3 is 4.74 Å². The molecule has 0 bridgehead atoms. The van der Waals surface area contributed by atoms with Crippen LogP contribution in [-0.4, -0.2) is 41.7 Å². The molecule has 1 spiro atoms. The zero-order chi connectivity index (χ0) is 27.6. The molecule has 4 aromatic rings. The maximum atomic E-state index is 14.7. The van der Waals surface area contributed by atoms with Crippen LogP contribution in [0.5, 0.6) is 5.75 Å². The highest BCUT2D eigenvalue weighted by molar-refractivity contribution is 6.32. The highest BCUT2D eigenvalue weighted by atomic mass is 35.5. The number of ether oxygens (including phenoxy) is 1. The molecule has 196 valence electrons. The zero-order valence-corrected chi connectivity index (χ0v) is 22.2. The van der Waals surface area contributed by atoms with Crippen LogP contribution < -0.4 is 4.74 Å². The lowest BCUT2D eigenvalue weighted by Crippen LogP contribution is -2.43. The molecule has 0 N–H and O–H groups in total. The maximum Gasteiger partial charge on any atom is 0.187 e. The number of ketones is 3. The fraction of sp³-hybridized carbons (Fsp3) is 0.152. The molecule has 3 atom stereocenters. The molecule has 0 aromatic heterocycles. The van der Waals surface area contributed by atoms with Crippen LogP contribution in [0, 0.1) is 5.41 Å². The summed E-state index contributed by atoms with van der Waals surface area (Å²) in [6, 6.07) is 26.8. The molecule has 6 nitrogen and oxygen atoms in total. The Bertz CT molecular complexity index is 1690. The van der Waals surface area contributed by atoms with Crippen LogP contribution in [-0.2, 0) is 0 Å². The van der Waals surface area contributed by atoms with Gasteiger partial charge in [-0.3, -0.25) is 19.4 Å². The van der Waals surface area contributed by atoms with Gasteiger partial charge in [-0.1, -0.05) is 72.3 Å². The topological polar surface area (TPSA) is 76.0 Å². The SMILES string of the molecule is COc1ccc([C@@H]2[C@@H](C(=O)c3ccc(Cl)cc3)N3N=Cc4ccccc4C3C23C(=O)c2ccccc2C3=O)cc1. The summed E-state index contributed by atoms with van der Waals surface area (Å²) in [5.41, 5.74) is 1.84. The minimum atomic E-state index is -1.61. The molecule has 0 amide bonds. The summed E-state index contributed by atoms with van der Waals surface area (Å²) in [6.07, 6.45) is 1.70. The Kier molecular flexibility index (Phi) is 5.51. The van der Waals surface area contributed by atoms with Crippen LogP contribution in [0.25, 0.3) is 0 Å². The van der Waals surface area contributed by atoms with Crippen LogP contribution in [0.1, 0.15) is 59.7 Å². The van der Waals surface area contributed by atoms with Gasteiger partial charge in [0.15, 0.2) is 17.3 Å². The van der Waals surface area contributed by atoms with Crippen molar-refractivity contribution >= 4 is 35.2 Å². The van der Waals surface area contributed by atoms with Crippen molar-refractivity contribution < 1.29 is 19.1 Å². The summed E-state index contributed by atoms with van der Waals surface area (Å²) >= 11 is 6.14. The summed E-state index contributed by atoms with van der Waals surface area (Å²) in [5, 5.41) is 6.97. The predicted molar refractivity (Wildman–Crippen MR) is 151 cm³/mol. The largest absolute Gasteiger partial charge is 0.497 e. The molecule has 2 heterocycles. The Morgan fingerprint density at radius 3 is 2.12 bits per heavy atom. The summed E-state index contributed by atoms with van der Waals surface area (Å²) in [6.45, 7) is 0. The van der Waals surface area contributed by atoms with E-state index in [2.05, 4.69) is 0 Å². The highest BCUT2D eigenvalue weighted by Crippen LogP contribution is 2.64. The average molecular weight is 547 g/mol. The Hall–Kier alpha value is -4.55. The molecule has 1 aliphatic carbocycles. The lowest BCUT2D eigenvalue weighted by Gasteiger charge is -2.36. The van der Waals surface area contributed by atoms with Crippen molar-refractivity contribution in [3.8, 4) is 5.75 Å². The van der Waals surface area contributed by atoms with E-state index in [1.54, 1.807) is 79.0 Å². The molecular formula is C33H23ClN2O4. The average Bonchev–Trinajstić information content (AvgIpc) is 3.43. The third-order valence-corrected chi connectivity index (χ3v) is 8.70. The van der Waals surface area contributed by atoms with Gasteiger partial charge in [0.2, 0.25) is 0 Å². The van der Waals surface area contributed by atoms with E-state index in [-0.39, 0.29) is 17.3 Å². The third-order valence-electron chi connectivity index (χ3n) is 8.45. The fourth-order valence-electron chi connectivity index (χ4n) is 6.75. The Morgan fingerprint density at radius 2 is 1.48 bits per heavy atom. The number of nitrogens with zero attached hydrogens (tertiary/aromatic N) is 2. The molecule has 40 heavy (non-hydrogen) atoms. The molecule has 2 aliphatic heterocycles. The second-order valence-electron chi connectivity index (χ2n) is 10.3. The Balaban J connectivity index is 1.54. The molecule has 7 heteroatoms. The van der Waals surface area contributed by atoms with E-state index in [4.69, 9.17) is 21.4 Å². The third kappa shape index (κ3) is 3.23. The second-order valence-corrected chi connectivity index (χ2v) is 10.7. The molecule has 1 unspecified atom stereocenters. The number of rotatable bonds is 4. The lowest BCUT2D eigenvalue weighted by atomic mass is 9.63. The van der Waals surface area contributed by atoms with Gasteiger partial charge in [-0.15, -0.1) is 0 Å². The van der Waals surface area contributed by atoms with Gasteiger partial charge in [0.05, 0.1) is 19.4 Å². The van der Waals surface area contributed by atoms with Crippen LogP contribution in [0.2, 0.25) is 5.02 Å². The van der Waals surface area contributed by atoms with E-state index in [1.807, 2.05) is 36.4 Å². The quantitative estimate of drug-likeness (QED) is 0.226. The van der Waals surface area contributed by atoms with Gasteiger partial charge in [0.1, 0.15) is 17.2 Å². The number of hydrazone groups is 1. The van der Waals surface area contributed by atoms with Crippen LogP contribution in [0.15, 0.2) is 102 Å². The van der Waals surface area contributed by atoms with Crippen molar-refractivity contribution in [2.24, 2.45) is 10.5 Å². The number of benzene rings is 4. The van der Waals surface area contributed by atoms with Crippen molar-refractivity contribution in [3.63, 3.8) is 0 Å². The summed E-state index contributed by atoms with van der Waals surface area (Å²) in [4.78, 5) is 43.9. The first-order chi connectivity index (χ1) is 19.5. The molecule has 1 saturated heterocycles. The van der Waals surface area contributed by atoms with Gasteiger partial charge in [-0.2, -0.15) is 5.10 Å². The van der Waals surface area contributed by atoms with E-state index in [9.17, 15) is 14.4 Å². The van der Waals surface area contributed by atoms with Crippen LogP contribution in [0.3, 0.4) is 0 Å². The number of Topliss-reactive ketones (excluding diaryl/α,β-unsaturated/α-hetero) is 3. The normalized spacial score (nSPS) is 21.8. The number of fused-ring (bicyclic) bond motifs is 5. The zero-order valence-electron chi connectivity index (χ0n) is 21.5. The van der Waals surface area contributed by atoms with Crippen molar-refractivity contribution in [1.29, 1.82) is 0 Å². The summed E-state index contributed by atoms with van der Waals surface area (Å²) < 4.78 is 5.39. The van der Waals surface area contributed by atoms with Crippen molar-refractivity contribution in [1.82, 2.24) is 5.01 Å². The molecular weight excluding hydrogens is 524 g/mol. The molecule has 1 fully saturated rings. The first-order valence-electron chi connectivity index (χ1n) is 13.0. The van der Waals surface area contributed by atoms with Crippen LogP contribution >= 0.6 is 11.6 Å². The molecule has 0 saturated carbocycles.